The molecule has 0 aromatic heterocycles. The number of benzene rings is 1. The lowest BCUT2D eigenvalue weighted by molar-refractivity contribution is -0.121. The Morgan fingerprint density at radius 3 is 2.38 bits per heavy atom. The van der Waals surface area contributed by atoms with Crippen molar-refractivity contribution in [1.29, 1.82) is 0 Å². The van der Waals surface area contributed by atoms with Crippen molar-refractivity contribution in [2.24, 2.45) is 0 Å². The molecule has 0 heterocycles. The molecule has 1 N–H and O–H groups in total. The molecule has 0 bridgehead atoms. The molecule has 0 aliphatic rings. The van der Waals surface area contributed by atoms with Crippen molar-refractivity contribution in [2.45, 2.75) is 20.0 Å². The Bertz CT molecular complexity index is 360. The molecule has 0 aliphatic carbocycles. The zero-order valence-electron chi connectivity index (χ0n) is 9.09. The van der Waals surface area contributed by atoms with E-state index in [-0.39, 0.29) is 18.4 Å². The van der Waals surface area contributed by atoms with Crippen LogP contribution in [0.3, 0.4) is 0 Å². The van der Waals surface area contributed by atoms with Crippen LogP contribution < -0.4 is 5.32 Å². The van der Waals surface area contributed by atoms with Crippen molar-refractivity contribution in [3.05, 3.63) is 29.8 Å². The van der Waals surface area contributed by atoms with Crippen LogP contribution in [0.1, 0.15) is 13.8 Å². The van der Waals surface area contributed by atoms with Gasteiger partial charge in [-0.15, -0.1) is 0 Å². The van der Waals surface area contributed by atoms with E-state index in [1.165, 1.54) is 0 Å². The first-order chi connectivity index (χ1) is 7.47. The second-order valence-corrected chi connectivity index (χ2v) is 3.57. The van der Waals surface area contributed by atoms with Crippen LogP contribution in [0, 0.1) is 11.6 Å². The maximum atomic E-state index is 12.8. The number of halogens is 2. The van der Waals surface area contributed by atoms with Crippen LogP contribution >= 0.6 is 0 Å². The number of carbonyl (C=O) groups excluding carboxylic acids is 1. The fourth-order valence-electron chi connectivity index (χ4n) is 1.07. The minimum atomic E-state index is -0.736. The minimum Gasteiger partial charge on any atom is -0.369 e. The molecule has 0 atom stereocenters. The number of ether oxygens (including phenoxy) is 1. The van der Waals surface area contributed by atoms with Gasteiger partial charge in [0.1, 0.15) is 18.2 Å². The summed E-state index contributed by atoms with van der Waals surface area (Å²) in [6.07, 6.45) is -0.0741. The van der Waals surface area contributed by atoms with Crippen molar-refractivity contribution in [1.82, 2.24) is 0 Å². The Morgan fingerprint density at radius 1 is 1.31 bits per heavy atom. The number of amides is 1. The third-order valence-corrected chi connectivity index (χ3v) is 1.69. The SMILES string of the molecule is CC(C)OCC(=O)Nc1cc(F)cc(F)c1. The van der Waals surface area contributed by atoms with E-state index in [0.29, 0.717) is 0 Å². The van der Waals surface area contributed by atoms with Gasteiger partial charge in [-0.3, -0.25) is 4.79 Å². The van der Waals surface area contributed by atoms with Gasteiger partial charge in [-0.05, 0) is 26.0 Å². The van der Waals surface area contributed by atoms with Crippen molar-refractivity contribution >= 4 is 11.6 Å². The standard InChI is InChI=1S/C11H13F2NO2/c1-7(2)16-6-11(15)14-10-4-8(12)3-9(13)5-10/h3-5,7H,6H2,1-2H3,(H,14,15). The maximum absolute atomic E-state index is 12.8. The number of carbonyl (C=O) groups is 1. The second-order valence-electron chi connectivity index (χ2n) is 3.57. The smallest absolute Gasteiger partial charge is 0.250 e. The normalized spacial score (nSPS) is 10.6. The van der Waals surface area contributed by atoms with Crippen molar-refractivity contribution in [3.8, 4) is 0 Å². The van der Waals surface area contributed by atoms with Gasteiger partial charge in [0.05, 0.1) is 6.10 Å². The maximum Gasteiger partial charge on any atom is 0.250 e. The highest BCUT2D eigenvalue weighted by atomic mass is 19.1. The molecule has 0 spiro atoms. The van der Waals surface area contributed by atoms with E-state index in [1.54, 1.807) is 13.8 Å². The highest BCUT2D eigenvalue weighted by Gasteiger charge is 2.06. The lowest BCUT2D eigenvalue weighted by atomic mass is 10.3. The fourth-order valence-corrected chi connectivity index (χ4v) is 1.07. The van der Waals surface area contributed by atoms with Gasteiger partial charge in [-0.1, -0.05) is 0 Å². The zero-order chi connectivity index (χ0) is 12.1. The van der Waals surface area contributed by atoms with Gasteiger partial charge in [-0.25, -0.2) is 8.78 Å². The Labute approximate surface area is 92.4 Å². The lowest BCUT2D eigenvalue weighted by Crippen LogP contribution is -2.20. The molecule has 1 aromatic carbocycles. The van der Waals surface area contributed by atoms with E-state index < -0.39 is 17.5 Å². The van der Waals surface area contributed by atoms with Gasteiger partial charge in [0, 0.05) is 11.8 Å². The number of rotatable bonds is 4. The van der Waals surface area contributed by atoms with E-state index >= 15 is 0 Å². The molecular weight excluding hydrogens is 216 g/mol. The van der Waals surface area contributed by atoms with Crippen LogP contribution in [0.2, 0.25) is 0 Å². The van der Waals surface area contributed by atoms with E-state index in [4.69, 9.17) is 4.74 Å². The molecule has 0 radical (unpaired) electrons. The topological polar surface area (TPSA) is 38.3 Å². The predicted octanol–water partition coefficient (Wildman–Crippen LogP) is 2.33. The van der Waals surface area contributed by atoms with Gasteiger partial charge < -0.3 is 10.1 Å². The summed E-state index contributed by atoms with van der Waals surface area (Å²) < 4.78 is 30.6. The number of anilines is 1. The Morgan fingerprint density at radius 2 is 1.88 bits per heavy atom. The first-order valence-corrected chi connectivity index (χ1v) is 4.85. The third kappa shape index (κ3) is 4.35. The van der Waals surface area contributed by atoms with E-state index in [1.807, 2.05) is 0 Å². The predicted molar refractivity (Wildman–Crippen MR) is 56.1 cm³/mol. The average Bonchev–Trinajstić information content (AvgIpc) is 2.12. The summed E-state index contributed by atoms with van der Waals surface area (Å²) in [5.41, 5.74) is 0.0786. The first-order valence-electron chi connectivity index (χ1n) is 4.85. The quantitative estimate of drug-likeness (QED) is 0.860. The van der Waals surface area contributed by atoms with Gasteiger partial charge in [0.2, 0.25) is 5.91 Å². The Balaban J connectivity index is 2.56. The summed E-state index contributed by atoms with van der Waals surface area (Å²) in [7, 11) is 0. The van der Waals surface area contributed by atoms with E-state index in [9.17, 15) is 13.6 Å². The molecule has 0 saturated carbocycles. The molecule has 0 saturated heterocycles. The molecular formula is C11H13F2NO2. The highest BCUT2D eigenvalue weighted by Crippen LogP contribution is 2.12. The van der Waals surface area contributed by atoms with Crippen LogP contribution in [0.25, 0.3) is 0 Å². The monoisotopic (exact) mass is 229 g/mol. The number of hydrogen-bond acceptors (Lipinski definition) is 2. The molecule has 1 aromatic rings. The molecule has 0 unspecified atom stereocenters. The minimum absolute atomic E-state index is 0.0741. The summed E-state index contributed by atoms with van der Waals surface area (Å²) in [5.74, 6) is -1.92. The Hall–Kier alpha value is -1.49. The first kappa shape index (κ1) is 12.6. The summed E-state index contributed by atoms with van der Waals surface area (Å²) in [6, 6.07) is 2.81. The zero-order valence-corrected chi connectivity index (χ0v) is 9.09. The summed E-state index contributed by atoms with van der Waals surface area (Å²) >= 11 is 0. The number of hydrogen-bond donors (Lipinski definition) is 1. The average molecular weight is 229 g/mol. The lowest BCUT2D eigenvalue weighted by Gasteiger charge is -2.08. The molecule has 1 rings (SSSR count). The summed E-state index contributed by atoms with van der Waals surface area (Å²) in [6.45, 7) is 3.43. The van der Waals surface area contributed by atoms with Gasteiger partial charge in [-0.2, -0.15) is 0 Å². The van der Waals surface area contributed by atoms with Crippen LogP contribution in [0.15, 0.2) is 18.2 Å². The number of nitrogens with one attached hydrogen (secondary N) is 1. The van der Waals surface area contributed by atoms with Crippen molar-refractivity contribution in [2.75, 3.05) is 11.9 Å². The molecule has 5 heteroatoms. The largest absolute Gasteiger partial charge is 0.369 e. The van der Waals surface area contributed by atoms with Crippen LogP contribution in [-0.4, -0.2) is 18.6 Å². The van der Waals surface area contributed by atoms with E-state index in [0.717, 1.165) is 18.2 Å². The third-order valence-electron chi connectivity index (χ3n) is 1.69. The van der Waals surface area contributed by atoms with Crippen LogP contribution in [-0.2, 0) is 9.53 Å². The molecule has 0 aliphatic heterocycles. The van der Waals surface area contributed by atoms with E-state index in [2.05, 4.69) is 5.32 Å². The molecule has 88 valence electrons. The van der Waals surface area contributed by atoms with Crippen LogP contribution in [0.4, 0.5) is 14.5 Å². The molecule has 3 nitrogen and oxygen atoms in total. The van der Waals surface area contributed by atoms with Crippen LogP contribution in [0.5, 0.6) is 0 Å². The summed E-state index contributed by atoms with van der Waals surface area (Å²) in [4.78, 5) is 11.3. The van der Waals surface area contributed by atoms with Crippen molar-refractivity contribution in [3.63, 3.8) is 0 Å². The molecule has 16 heavy (non-hydrogen) atoms. The molecule has 1 amide bonds. The van der Waals surface area contributed by atoms with Gasteiger partial charge in [0.15, 0.2) is 0 Å². The second kappa shape index (κ2) is 5.55. The van der Waals surface area contributed by atoms with Gasteiger partial charge in [0.25, 0.3) is 0 Å². The fraction of sp³-hybridized carbons (Fsp3) is 0.364. The molecule has 0 fully saturated rings. The highest BCUT2D eigenvalue weighted by molar-refractivity contribution is 5.91. The summed E-state index contributed by atoms with van der Waals surface area (Å²) in [5, 5.41) is 2.34. The Kier molecular flexibility index (Phi) is 4.37. The van der Waals surface area contributed by atoms with Gasteiger partial charge >= 0.3 is 0 Å². The van der Waals surface area contributed by atoms with Crippen molar-refractivity contribution < 1.29 is 18.3 Å².